The summed E-state index contributed by atoms with van der Waals surface area (Å²) in [6.45, 7) is 0.0939. The van der Waals surface area contributed by atoms with Crippen LogP contribution in [0.3, 0.4) is 0 Å². The molecule has 0 saturated heterocycles. The molecule has 0 spiro atoms. The number of amides is 1. The number of Topliss-reactive ketones (excluding diaryl/α,β-unsaturated/α-hetero) is 4. The Balaban J connectivity index is 1.59. The van der Waals surface area contributed by atoms with Crippen LogP contribution in [0.4, 0.5) is 11.4 Å². The number of aromatic hydroxyl groups is 3. The van der Waals surface area contributed by atoms with E-state index in [1.807, 2.05) is 0 Å². The van der Waals surface area contributed by atoms with Crippen molar-refractivity contribution in [1.82, 2.24) is 4.90 Å². The van der Waals surface area contributed by atoms with Gasteiger partial charge in [-0.25, -0.2) is 0 Å². The predicted octanol–water partition coefficient (Wildman–Crippen LogP) is -0.0437. The summed E-state index contributed by atoms with van der Waals surface area (Å²) in [4.78, 5) is 70.2. The molecule has 0 bridgehead atoms. The number of phenolic OH excluding ortho intramolecular Hbond substituents is 3. The maximum Gasteiger partial charge on any atom is 0.235 e. The molecule has 2 saturated carbocycles. The minimum absolute atomic E-state index is 0.0398. The Kier molecular flexibility index (Phi) is 7.22. The van der Waals surface area contributed by atoms with Crippen molar-refractivity contribution in [2.45, 2.75) is 31.0 Å². The fraction of sp³-hybridized carbons (Fsp3) is 0.433. The number of nitrogens with zero attached hydrogens (tertiary/aromatic N) is 2. The van der Waals surface area contributed by atoms with E-state index in [0.29, 0.717) is 16.8 Å². The monoisotopic (exact) mass is 594 g/mol. The van der Waals surface area contributed by atoms with Crippen LogP contribution in [-0.2, 0) is 32.1 Å². The van der Waals surface area contributed by atoms with Gasteiger partial charge in [0.2, 0.25) is 5.91 Å². The van der Waals surface area contributed by atoms with Crippen molar-refractivity contribution >= 4 is 40.4 Å². The van der Waals surface area contributed by atoms with Crippen molar-refractivity contribution in [2.75, 3.05) is 38.4 Å². The van der Waals surface area contributed by atoms with Gasteiger partial charge in [-0.3, -0.25) is 28.9 Å². The highest BCUT2D eigenvalue weighted by atomic mass is 16.3. The number of aliphatic hydroxyl groups is 1. The lowest BCUT2D eigenvalue weighted by Gasteiger charge is -2.52. The van der Waals surface area contributed by atoms with Crippen molar-refractivity contribution in [1.29, 1.82) is 0 Å². The number of ketones is 4. The fourth-order valence-electron chi connectivity index (χ4n) is 7.06. The Morgan fingerprint density at radius 1 is 1.02 bits per heavy atom. The molecule has 3 aliphatic rings. The smallest absolute Gasteiger partial charge is 0.235 e. The minimum atomic E-state index is -2.80. The lowest BCUT2D eigenvalue weighted by Crippen LogP contribution is -2.74. The largest absolute Gasteiger partial charge is 0.505 e. The van der Waals surface area contributed by atoms with Crippen molar-refractivity contribution in [2.24, 2.45) is 29.4 Å². The van der Waals surface area contributed by atoms with E-state index in [4.69, 9.17) is 5.73 Å². The zero-order valence-electron chi connectivity index (χ0n) is 24.1. The summed E-state index contributed by atoms with van der Waals surface area (Å²) in [6.07, 6.45) is 0.0981. The zero-order valence-corrected chi connectivity index (χ0v) is 24.1. The lowest BCUT2D eigenvalue weighted by molar-refractivity contribution is -0.181. The molecule has 13 heteroatoms. The SMILES string of the molecule is CN(C)c1cc(NCc2ccc(O)c(O)c2)c(O)c2c1CC1CC3C(N(C)C)C(=O)C(C(N)=O)C(=O)C3(O)C(=O)C1C2=O. The molecule has 7 N–H and O–H groups in total. The van der Waals surface area contributed by atoms with Crippen LogP contribution in [0.25, 0.3) is 0 Å². The van der Waals surface area contributed by atoms with Crippen molar-refractivity contribution in [3.63, 3.8) is 0 Å². The van der Waals surface area contributed by atoms with E-state index in [2.05, 4.69) is 5.32 Å². The van der Waals surface area contributed by atoms with Gasteiger partial charge in [0.1, 0.15) is 5.75 Å². The second-order valence-electron chi connectivity index (χ2n) is 12.0. The van der Waals surface area contributed by atoms with Gasteiger partial charge in [-0.15, -0.1) is 0 Å². The summed E-state index contributed by atoms with van der Waals surface area (Å²) >= 11 is 0. The van der Waals surface area contributed by atoms with Crippen LogP contribution in [-0.4, -0.2) is 94.2 Å². The highest BCUT2D eigenvalue weighted by molar-refractivity contribution is 6.32. The average Bonchev–Trinajstić information content (AvgIpc) is 2.91. The molecule has 43 heavy (non-hydrogen) atoms. The third-order valence-electron chi connectivity index (χ3n) is 9.04. The van der Waals surface area contributed by atoms with E-state index < -0.39 is 70.1 Å². The zero-order chi connectivity index (χ0) is 31.7. The predicted molar refractivity (Wildman–Crippen MR) is 153 cm³/mol. The second kappa shape index (κ2) is 10.3. The number of hydrogen-bond donors (Lipinski definition) is 6. The Morgan fingerprint density at radius 3 is 2.28 bits per heavy atom. The molecule has 6 atom stereocenters. The number of anilines is 2. The van der Waals surface area contributed by atoms with E-state index >= 15 is 0 Å². The third kappa shape index (κ3) is 4.41. The van der Waals surface area contributed by atoms with Gasteiger partial charge in [-0.05, 0) is 62.2 Å². The van der Waals surface area contributed by atoms with Gasteiger partial charge in [-0.1, -0.05) is 6.07 Å². The number of nitrogens with two attached hydrogens (primary N) is 1. The minimum Gasteiger partial charge on any atom is -0.505 e. The molecule has 2 aromatic rings. The molecule has 1 amide bonds. The Morgan fingerprint density at radius 2 is 1.70 bits per heavy atom. The molecule has 0 heterocycles. The summed E-state index contributed by atoms with van der Waals surface area (Å²) in [6, 6.07) is 4.68. The van der Waals surface area contributed by atoms with E-state index in [1.54, 1.807) is 31.1 Å². The highest BCUT2D eigenvalue weighted by Crippen LogP contribution is 2.52. The van der Waals surface area contributed by atoms with Crippen LogP contribution in [0, 0.1) is 23.7 Å². The normalized spacial score (nSPS) is 28.3. The lowest BCUT2D eigenvalue weighted by atomic mass is 9.52. The molecule has 6 unspecified atom stereocenters. The Bertz CT molecular complexity index is 1590. The quantitative estimate of drug-likeness (QED) is 0.192. The van der Waals surface area contributed by atoms with Crippen LogP contribution in [0.5, 0.6) is 17.2 Å². The van der Waals surface area contributed by atoms with Gasteiger partial charge in [-0.2, -0.15) is 0 Å². The molecule has 0 aliphatic heterocycles. The molecule has 0 radical (unpaired) electrons. The standard InChI is InChI=1S/C30H34N4O9/c1-33(2)17-10-16(32-11-12-5-6-18(35)19(36)7-12)24(37)21-14(17)8-13-9-15-23(34(3)4)26(39)22(29(31)42)28(41)30(15,43)27(40)20(13)25(21)38/h5-7,10,13,15,20,22-23,32,35-37,43H,8-9,11H2,1-4H3,(H2,31,42). The molecule has 228 valence electrons. The number of carbonyl (C=O) groups is 5. The summed E-state index contributed by atoms with van der Waals surface area (Å²) in [5.74, 6) is -11.8. The number of carbonyl (C=O) groups excluding carboxylic acids is 5. The molecule has 13 nitrogen and oxygen atoms in total. The summed E-state index contributed by atoms with van der Waals surface area (Å²) in [7, 11) is 6.57. The van der Waals surface area contributed by atoms with Gasteiger partial charge in [0, 0.05) is 32.2 Å². The van der Waals surface area contributed by atoms with E-state index in [9.17, 15) is 44.4 Å². The maximum atomic E-state index is 14.1. The highest BCUT2D eigenvalue weighted by Gasteiger charge is 2.69. The number of likely N-dealkylation sites (N-methyl/N-ethyl adjacent to an activating group) is 1. The topological polar surface area (TPSA) is 211 Å². The van der Waals surface area contributed by atoms with Crippen molar-refractivity contribution in [3.05, 3.63) is 41.0 Å². The first-order valence-electron chi connectivity index (χ1n) is 13.8. The summed E-state index contributed by atoms with van der Waals surface area (Å²) < 4.78 is 0. The second-order valence-corrected chi connectivity index (χ2v) is 12.0. The molecule has 2 fully saturated rings. The van der Waals surface area contributed by atoms with Crippen LogP contribution in [0.2, 0.25) is 0 Å². The van der Waals surface area contributed by atoms with Crippen LogP contribution in [0.1, 0.15) is 27.9 Å². The van der Waals surface area contributed by atoms with Crippen LogP contribution < -0.4 is 16.0 Å². The van der Waals surface area contributed by atoms with E-state index in [0.717, 1.165) is 0 Å². The van der Waals surface area contributed by atoms with Gasteiger partial charge < -0.3 is 36.4 Å². The van der Waals surface area contributed by atoms with Crippen LogP contribution >= 0.6 is 0 Å². The van der Waals surface area contributed by atoms with Gasteiger partial charge >= 0.3 is 0 Å². The first kappa shape index (κ1) is 30.0. The molecule has 3 aliphatic carbocycles. The number of fused-ring (bicyclic) bond motifs is 3. The maximum absolute atomic E-state index is 14.1. The van der Waals surface area contributed by atoms with Gasteiger partial charge in [0.25, 0.3) is 0 Å². The Labute approximate surface area is 246 Å². The molecular formula is C30H34N4O9. The number of nitrogens with one attached hydrogen (secondary N) is 1. The number of benzene rings is 2. The number of hydrogen-bond acceptors (Lipinski definition) is 12. The van der Waals surface area contributed by atoms with Gasteiger partial charge in [0.05, 0.1) is 23.2 Å². The third-order valence-corrected chi connectivity index (χ3v) is 9.04. The number of rotatable bonds is 6. The van der Waals surface area contributed by atoms with Crippen LogP contribution in [0.15, 0.2) is 24.3 Å². The summed E-state index contributed by atoms with van der Waals surface area (Å²) in [5, 5.41) is 45.5. The van der Waals surface area contributed by atoms with Gasteiger partial charge in [0.15, 0.2) is 46.2 Å². The number of primary amides is 1. The molecule has 2 aromatic carbocycles. The molecule has 0 aromatic heterocycles. The molecule has 5 rings (SSSR count). The fourth-order valence-corrected chi connectivity index (χ4v) is 7.06. The first-order chi connectivity index (χ1) is 20.1. The van der Waals surface area contributed by atoms with E-state index in [1.165, 1.54) is 31.1 Å². The molecular weight excluding hydrogens is 560 g/mol. The van der Waals surface area contributed by atoms with Crippen molar-refractivity contribution < 1.29 is 44.4 Å². The Hall–Kier alpha value is -4.49. The number of phenols is 3. The van der Waals surface area contributed by atoms with Crippen molar-refractivity contribution in [3.8, 4) is 17.2 Å². The summed E-state index contributed by atoms with van der Waals surface area (Å²) in [5.41, 5.74) is 4.21. The average molecular weight is 595 g/mol. The first-order valence-corrected chi connectivity index (χ1v) is 13.8. The van der Waals surface area contributed by atoms with E-state index in [-0.39, 0.29) is 42.1 Å².